The first-order valence-corrected chi connectivity index (χ1v) is 8.04. The number of nitrogens with zero attached hydrogens (tertiary/aromatic N) is 1. The van der Waals surface area contributed by atoms with E-state index in [2.05, 4.69) is 4.72 Å². The van der Waals surface area contributed by atoms with Crippen molar-refractivity contribution in [2.45, 2.75) is 19.4 Å². The topological polar surface area (TPSA) is 86.7 Å². The van der Waals surface area contributed by atoms with Crippen LogP contribution in [0.3, 0.4) is 0 Å². The number of carboxylic acid groups (broad SMARTS) is 1. The van der Waals surface area contributed by atoms with Crippen molar-refractivity contribution in [2.24, 2.45) is 5.92 Å². The summed E-state index contributed by atoms with van der Waals surface area (Å²) >= 11 is 0. The van der Waals surface area contributed by atoms with Crippen molar-refractivity contribution >= 4 is 16.2 Å². The summed E-state index contributed by atoms with van der Waals surface area (Å²) in [6.07, 6.45) is 0.625. The number of aliphatic carboxylic acids is 1. The summed E-state index contributed by atoms with van der Waals surface area (Å²) in [5.74, 6) is -1.74. The maximum absolute atomic E-state index is 12.8. The van der Waals surface area contributed by atoms with Gasteiger partial charge in [0.15, 0.2) is 0 Å². The second-order valence-corrected chi connectivity index (χ2v) is 6.72. The molecule has 0 aliphatic carbocycles. The second-order valence-electron chi connectivity index (χ2n) is 4.96. The van der Waals surface area contributed by atoms with E-state index in [1.165, 1.54) is 28.6 Å². The van der Waals surface area contributed by atoms with Crippen LogP contribution in [0.1, 0.15) is 18.4 Å². The molecule has 1 saturated heterocycles. The summed E-state index contributed by atoms with van der Waals surface area (Å²) in [5.41, 5.74) is 0.653. The Morgan fingerprint density at radius 1 is 1.29 bits per heavy atom. The van der Waals surface area contributed by atoms with Crippen LogP contribution in [0.15, 0.2) is 24.3 Å². The van der Waals surface area contributed by atoms with Crippen LogP contribution in [0.4, 0.5) is 4.39 Å². The van der Waals surface area contributed by atoms with Gasteiger partial charge in [-0.3, -0.25) is 4.79 Å². The molecule has 0 bridgehead atoms. The highest BCUT2D eigenvalue weighted by Gasteiger charge is 2.30. The molecule has 1 fully saturated rings. The highest BCUT2D eigenvalue weighted by Crippen LogP contribution is 2.19. The lowest BCUT2D eigenvalue weighted by molar-refractivity contribution is -0.142. The van der Waals surface area contributed by atoms with Crippen molar-refractivity contribution in [2.75, 3.05) is 13.1 Å². The molecule has 1 heterocycles. The summed E-state index contributed by atoms with van der Waals surface area (Å²) in [7, 11) is -3.64. The third kappa shape index (κ3) is 4.23. The van der Waals surface area contributed by atoms with Crippen molar-refractivity contribution in [1.29, 1.82) is 0 Å². The van der Waals surface area contributed by atoms with Gasteiger partial charge >= 0.3 is 5.97 Å². The Morgan fingerprint density at radius 3 is 2.38 bits per heavy atom. The van der Waals surface area contributed by atoms with Crippen LogP contribution in [-0.2, 0) is 21.5 Å². The SMILES string of the molecule is O=C(O)C1CCN(S(=O)(=O)NCc2ccc(F)cc2)CC1. The van der Waals surface area contributed by atoms with Crippen LogP contribution in [0, 0.1) is 11.7 Å². The number of nitrogens with one attached hydrogen (secondary N) is 1. The number of hydrogen-bond donors (Lipinski definition) is 2. The van der Waals surface area contributed by atoms with Crippen LogP contribution in [0.25, 0.3) is 0 Å². The molecule has 2 N–H and O–H groups in total. The molecule has 1 aromatic rings. The lowest BCUT2D eigenvalue weighted by Crippen LogP contribution is -2.45. The van der Waals surface area contributed by atoms with Gasteiger partial charge in [0.1, 0.15) is 5.82 Å². The van der Waals surface area contributed by atoms with Crippen LogP contribution in [0.2, 0.25) is 0 Å². The predicted molar refractivity (Wildman–Crippen MR) is 74.1 cm³/mol. The number of halogens is 1. The Labute approximate surface area is 122 Å². The zero-order valence-electron chi connectivity index (χ0n) is 11.3. The average Bonchev–Trinajstić information content (AvgIpc) is 2.47. The van der Waals surface area contributed by atoms with Crippen molar-refractivity contribution in [3.63, 3.8) is 0 Å². The molecule has 0 aromatic heterocycles. The maximum atomic E-state index is 12.8. The van der Waals surface area contributed by atoms with Gasteiger partial charge in [-0.15, -0.1) is 0 Å². The molecule has 116 valence electrons. The monoisotopic (exact) mass is 316 g/mol. The van der Waals surface area contributed by atoms with Gasteiger partial charge in [-0.05, 0) is 30.5 Å². The zero-order valence-corrected chi connectivity index (χ0v) is 12.1. The maximum Gasteiger partial charge on any atom is 0.306 e. The van der Waals surface area contributed by atoms with Crippen LogP contribution >= 0.6 is 0 Å². The summed E-state index contributed by atoms with van der Waals surface area (Å²) in [6.45, 7) is 0.451. The molecule has 1 aromatic carbocycles. The fourth-order valence-corrected chi connectivity index (χ4v) is 3.43. The van der Waals surface area contributed by atoms with Crippen molar-refractivity contribution < 1.29 is 22.7 Å². The number of rotatable bonds is 5. The molecule has 0 atom stereocenters. The Kier molecular flexibility index (Phi) is 4.92. The van der Waals surface area contributed by atoms with Crippen molar-refractivity contribution in [1.82, 2.24) is 9.03 Å². The van der Waals surface area contributed by atoms with E-state index in [9.17, 15) is 17.6 Å². The van der Waals surface area contributed by atoms with Gasteiger partial charge in [-0.1, -0.05) is 12.1 Å². The van der Waals surface area contributed by atoms with Crippen LogP contribution in [-0.4, -0.2) is 36.9 Å². The quantitative estimate of drug-likeness (QED) is 0.847. The second kappa shape index (κ2) is 6.50. The molecular weight excluding hydrogens is 299 g/mol. The molecule has 6 nitrogen and oxygen atoms in total. The van der Waals surface area contributed by atoms with Gasteiger partial charge in [0.2, 0.25) is 0 Å². The number of hydrogen-bond acceptors (Lipinski definition) is 3. The number of benzene rings is 1. The fraction of sp³-hybridized carbons (Fsp3) is 0.462. The first kappa shape index (κ1) is 15.9. The summed E-state index contributed by atoms with van der Waals surface area (Å²) in [6, 6.07) is 5.55. The predicted octanol–water partition coefficient (Wildman–Crippen LogP) is 0.957. The van der Waals surface area contributed by atoms with Crippen molar-refractivity contribution in [3.8, 4) is 0 Å². The van der Waals surface area contributed by atoms with Gasteiger partial charge in [0.25, 0.3) is 10.2 Å². The molecule has 21 heavy (non-hydrogen) atoms. The van der Waals surface area contributed by atoms with E-state index >= 15 is 0 Å². The summed E-state index contributed by atoms with van der Waals surface area (Å²) < 4.78 is 40.6. The van der Waals surface area contributed by atoms with E-state index in [-0.39, 0.29) is 25.5 Å². The van der Waals surface area contributed by atoms with E-state index in [1.54, 1.807) is 0 Å². The van der Waals surface area contributed by atoms with Crippen LogP contribution in [0.5, 0.6) is 0 Å². The van der Waals surface area contributed by atoms with Crippen LogP contribution < -0.4 is 4.72 Å². The van der Waals surface area contributed by atoms with E-state index < -0.39 is 22.1 Å². The molecule has 0 unspecified atom stereocenters. The minimum atomic E-state index is -3.64. The molecule has 2 rings (SSSR count). The lowest BCUT2D eigenvalue weighted by Gasteiger charge is -2.29. The highest BCUT2D eigenvalue weighted by atomic mass is 32.2. The standard InChI is InChI=1S/C13H17FN2O4S/c14-12-3-1-10(2-4-12)9-15-21(19,20)16-7-5-11(6-8-16)13(17)18/h1-4,11,15H,5-9H2,(H,17,18). The van der Waals surface area contributed by atoms with E-state index in [0.717, 1.165) is 0 Å². The summed E-state index contributed by atoms with van der Waals surface area (Å²) in [4.78, 5) is 10.8. The molecule has 0 amide bonds. The average molecular weight is 316 g/mol. The Bertz CT molecular complexity index is 595. The lowest BCUT2D eigenvalue weighted by atomic mass is 9.99. The summed E-state index contributed by atoms with van der Waals surface area (Å²) in [5, 5.41) is 8.89. The minimum Gasteiger partial charge on any atom is -0.481 e. The first-order chi connectivity index (χ1) is 9.88. The highest BCUT2D eigenvalue weighted by molar-refractivity contribution is 7.87. The molecule has 8 heteroatoms. The van der Waals surface area contributed by atoms with Gasteiger partial charge in [-0.2, -0.15) is 17.4 Å². The molecule has 0 radical (unpaired) electrons. The number of piperidine rings is 1. The largest absolute Gasteiger partial charge is 0.481 e. The van der Waals surface area contributed by atoms with E-state index in [0.29, 0.717) is 18.4 Å². The smallest absolute Gasteiger partial charge is 0.306 e. The van der Waals surface area contributed by atoms with Gasteiger partial charge in [-0.25, -0.2) is 4.39 Å². The molecule has 0 saturated carbocycles. The Balaban J connectivity index is 1.90. The van der Waals surface area contributed by atoms with E-state index in [4.69, 9.17) is 5.11 Å². The fourth-order valence-electron chi connectivity index (χ4n) is 2.21. The molecule has 1 aliphatic heterocycles. The van der Waals surface area contributed by atoms with Gasteiger partial charge < -0.3 is 5.11 Å². The Morgan fingerprint density at radius 2 is 1.86 bits per heavy atom. The third-order valence-corrected chi connectivity index (χ3v) is 5.07. The van der Waals surface area contributed by atoms with Gasteiger partial charge in [0, 0.05) is 19.6 Å². The van der Waals surface area contributed by atoms with E-state index in [1.807, 2.05) is 0 Å². The van der Waals surface area contributed by atoms with Gasteiger partial charge in [0.05, 0.1) is 5.92 Å². The Hall–Kier alpha value is -1.51. The molecule has 0 spiro atoms. The molecular formula is C13H17FN2O4S. The number of carboxylic acids is 1. The zero-order chi connectivity index (χ0) is 15.5. The molecule has 1 aliphatic rings. The normalized spacial score (nSPS) is 17.8. The third-order valence-electron chi connectivity index (χ3n) is 3.52. The number of carbonyl (C=O) groups is 1. The first-order valence-electron chi connectivity index (χ1n) is 6.60. The van der Waals surface area contributed by atoms with Crippen molar-refractivity contribution in [3.05, 3.63) is 35.6 Å². The minimum absolute atomic E-state index is 0.0709.